The number of hydrogen-bond acceptors (Lipinski definition) is 3. The number of unbranched alkanes of at least 4 members (excludes halogenated alkanes) is 15. The van der Waals surface area contributed by atoms with Crippen molar-refractivity contribution in [1.82, 2.24) is 0 Å². The molecule has 0 amide bonds. The molecule has 0 atom stereocenters. The summed E-state index contributed by atoms with van der Waals surface area (Å²) in [5.41, 5.74) is 0. The number of nitrogens with zero attached hydrogens (tertiary/aromatic N) is 1. The summed E-state index contributed by atoms with van der Waals surface area (Å²) in [4.78, 5) is 0. The Morgan fingerprint density at radius 1 is 0.474 bits per heavy atom. The lowest BCUT2D eigenvalue weighted by Gasteiger charge is -2.36. The zero-order valence-corrected chi connectivity index (χ0v) is 29.2. The Morgan fingerprint density at radius 2 is 0.763 bits per heavy atom. The molecular formula is C32H70ClNO3Si. The smallest absolute Gasteiger partial charge is 0.501 e. The van der Waals surface area contributed by atoms with Crippen LogP contribution in [0.3, 0.4) is 0 Å². The minimum atomic E-state index is -2.67. The Balaban J connectivity index is 0. The van der Waals surface area contributed by atoms with E-state index >= 15 is 0 Å². The number of quaternary nitrogens is 1. The van der Waals surface area contributed by atoms with Crippen molar-refractivity contribution in [2.24, 2.45) is 0 Å². The highest BCUT2D eigenvalue weighted by atomic mass is 35.5. The van der Waals surface area contributed by atoms with E-state index in [1.54, 1.807) is 0 Å². The van der Waals surface area contributed by atoms with Crippen molar-refractivity contribution in [2.75, 3.05) is 27.2 Å². The van der Waals surface area contributed by atoms with Crippen molar-refractivity contribution >= 4 is 8.80 Å². The topological polar surface area (TPSA) is 27.7 Å². The van der Waals surface area contributed by atoms with Gasteiger partial charge in [0.15, 0.2) is 0 Å². The van der Waals surface area contributed by atoms with Gasteiger partial charge in [0.05, 0.1) is 27.2 Å². The Bertz CT molecular complexity index is 477. The second-order valence-electron chi connectivity index (χ2n) is 13.0. The van der Waals surface area contributed by atoms with Crippen LogP contribution in [-0.2, 0) is 13.3 Å². The molecule has 38 heavy (non-hydrogen) atoms. The van der Waals surface area contributed by atoms with E-state index in [1.807, 2.05) is 0 Å². The number of rotatable bonds is 27. The van der Waals surface area contributed by atoms with Gasteiger partial charge in [0.2, 0.25) is 0 Å². The minimum Gasteiger partial charge on any atom is -1.00 e. The summed E-state index contributed by atoms with van der Waals surface area (Å²) >= 11 is 0. The molecule has 0 saturated heterocycles. The van der Waals surface area contributed by atoms with Crippen LogP contribution in [0, 0.1) is 0 Å². The van der Waals surface area contributed by atoms with Crippen LogP contribution in [0.5, 0.6) is 0 Å². The maximum Gasteiger partial charge on any atom is 0.501 e. The van der Waals surface area contributed by atoms with Crippen molar-refractivity contribution in [3.8, 4) is 0 Å². The van der Waals surface area contributed by atoms with E-state index in [9.17, 15) is 0 Å². The first-order chi connectivity index (χ1) is 17.5. The van der Waals surface area contributed by atoms with Gasteiger partial charge in [-0.3, -0.25) is 0 Å². The average molecular weight is 580 g/mol. The van der Waals surface area contributed by atoms with Gasteiger partial charge in [0.1, 0.15) is 0 Å². The third-order valence-electron chi connectivity index (χ3n) is 7.11. The molecule has 0 heterocycles. The van der Waals surface area contributed by atoms with E-state index in [4.69, 9.17) is 13.3 Å². The molecule has 0 N–H and O–H groups in total. The molecule has 0 fully saturated rings. The lowest BCUT2D eigenvalue weighted by atomic mass is 10.0. The van der Waals surface area contributed by atoms with E-state index in [0.29, 0.717) is 0 Å². The molecule has 0 aliphatic rings. The molecule has 0 radical (unpaired) electrons. The van der Waals surface area contributed by atoms with E-state index in [1.165, 1.54) is 109 Å². The fraction of sp³-hybridized carbons (Fsp3) is 1.00. The Labute approximate surface area is 247 Å². The molecule has 0 aromatic heterocycles. The Hall–Kier alpha value is 0.347. The maximum absolute atomic E-state index is 6.36. The van der Waals surface area contributed by atoms with Crippen LogP contribution in [0.1, 0.15) is 158 Å². The van der Waals surface area contributed by atoms with E-state index in [-0.39, 0.29) is 30.7 Å². The van der Waals surface area contributed by atoms with Crippen molar-refractivity contribution in [3.63, 3.8) is 0 Å². The third-order valence-corrected chi connectivity index (χ3v) is 10.6. The summed E-state index contributed by atoms with van der Waals surface area (Å²) < 4.78 is 20.1. The highest BCUT2D eigenvalue weighted by Gasteiger charge is 2.44. The Kier molecular flexibility index (Phi) is 26.7. The summed E-state index contributed by atoms with van der Waals surface area (Å²) in [6.45, 7) is 17.2. The first-order valence-corrected chi connectivity index (χ1v) is 18.3. The molecule has 0 saturated carbocycles. The van der Waals surface area contributed by atoms with Gasteiger partial charge in [-0.1, -0.05) is 96.8 Å². The molecule has 0 aliphatic carbocycles. The fourth-order valence-electron chi connectivity index (χ4n) is 5.26. The number of halogens is 1. The zero-order valence-electron chi connectivity index (χ0n) is 27.4. The predicted molar refractivity (Wildman–Crippen MR) is 165 cm³/mol. The van der Waals surface area contributed by atoms with Crippen LogP contribution in [-0.4, -0.2) is 58.8 Å². The summed E-state index contributed by atoms with van der Waals surface area (Å²) in [6, 6.07) is 0.905. The van der Waals surface area contributed by atoms with Gasteiger partial charge >= 0.3 is 8.80 Å². The predicted octanol–water partition coefficient (Wildman–Crippen LogP) is 6.93. The first-order valence-electron chi connectivity index (χ1n) is 16.4. The summed E-state index contributed by atoms with van der Waals surface area (Å²) in [5, 5.41) is 0. The molecule has 0 aromatic rings. The monoisotopic (exact) mass is 579 g/mol. The van der Waals surface area contributed by atoms with Crippen LogP contribution < -0.4 is 12.4 Å². The van der Waals surface area contributed by atoms with Gasteiger partial charge < -0.3 is 30.2 Å². The van der Waals surface area contributed by atoms with Gasteiger partial charge in [-0.25, -0.2) is 0 Å². The van der Waals surface area contributed by atoms with Crippen molar-refractivity contribution in [1.29, 1.82) is 0 Å². The van der Waals surface area contributed by atoms with Gasteiger partial charge in [0.25, 0.3) is 0 Å². The number of hydrogen-bond donors (Lipinski definition) is 0. The van der Waals surface area contributed by atoms with Crippen molar-refractivity contribution in [3.05, 3.63) is 0 Å². The van der Waals surface area contributed by atoms with Crippen LogP contribution >= 0.6 is 0 Å². The molecule has 4 nitrogen and oxygen atoms in total. The van der Waals surface area contributed by atoms with Crippen LogP contribution in [0.4, 0.5) is 0 Å². The molecule has 0 aromatic carbocycles. The largest absolute Gasteiger partial charge is 1.00 e. The van der Waals surface area contributed by atoms with Gasteiger partial charge in [-0.05, 0) is 54.4 Å². The second-order valence-corrected chi connectivity index (χ2v) is 15.5. The van der Waals surface area contributed by atoms with Gasteiger partial charge in [-0.15, -0.1) is 0 Å². The minimum absolute atomic E-state index is 0. The maximum atomic E-state index is 6.36. The van der Waals surface area contributed by atoms with E-state index in [0.717, 1.165) is 23.5 Å². The van der Waals surface area contributed by atoms with Gasteiger partial charge in [0, 0.05) is 30.8 Å². The zero-order chi connectivity index (χ0) is 28.0. The molecule has 0 rings (SSSR count). The van der Waals surface area contributed by atoms with Crippen LogP contribution in [0.25, 0.3) is 0 Å². The van der Waals surface area contributed by atoms with Crippen molar-refractivity contribution < 1.29 is 30.2 Å². The first kappa shape index (κ1) is 40.5. The lowest BCUT2D eigenvalue weighted by molar-refractivity contribution is -0.890. The SMILES string of the molecule is CCCCCCCCCCCCCCCCCC[N+](C)(C)CCC[Si](OC(C)C)(OC(C)C)OC(C)C.[Cl-]. The fourth-order valence-corrected chi connectivity index (χ4v) is 8.53. The summed E-state index contributed by atoms with van der Waals surface area (Å²) in [6.07, 6.45) is 24.3. The molecule has 0 bridgehead atoms. The van der Waals surface area contributed by atoms with Crippen molar-refractivity contribution in [2.45, 2.75) is 182 Å². The molecular weight excluding hydrogens is 510 g/mol. The normalized spacial score (nSPS) is 12.6. The molecule has 0 aliphatic heterocycles. The lowest BCUT2D eigenvalue weighted by Crippen LogP contribution is -3.00. The molecule has 6 heteroatoms. The highest BCUT2D eigenvalue weighted by molar-refractivity contribution is 6.60. The molecule has 232 valence electrons. The van der Waals surface area contributed by atoms with Crippen LogP contribution in [0.15, 0.2) is 0 Å². The van der Waals surface area contributed by atoms with Crippen LogP contribution in [0.2, 0.25) is 6.04 Å². The van der Waals surface area contributed by atoms with E-state index < -0.39 is 8.80 Å². The average Bonchev–Trinajstić information content (AvgIpc) is 2.77. The second kappa shape index (κ2) is 25.1. The summed E-state index contributed by atoms with van der Waals surface area (Å²) in [5.74, 6) is 0. The Morgan fingerprint density at radius 3 is 1.08 bits per heavy atom. The van der Waals surface area contributed by atoms with Gasteiger partial charge in [-0.2, -0.15) is 0 Å². The summed E-state index contributed by atoms with van der Waals surface area (Å²) in [7, 11) is 2.09. The molecule has 0 spiro atoms. The third kappa shape index (κ3) is 25.3. The molecule has 0 unspecified atom stereocenters. The standard InChI is InChI=1S/C32H70NO3Si.ClH/c1-10-11-12-13-14-15-16-17-18-19-20-21-22-23-24-25-27-33(8,9)28-26-29-37(34-30(2)3,35-31(4)5)36-32(6)7;/h30-32H,10-29H2,1-9H3;1H/q+1;/p-1. The quantitative estimate of drug-likeness (QED) is 0.0599. The van der Waals surface area contributed by atoms with E-state index in [2.05, 4.69) is 62.6 Å². The highest BCUT2D eigenvalue weighted by Crippen LogP contribution is 2.24.